The van der Waals surface area contributed by atoms with Gasteiger partial charge in [0.05, 0.1) is 5.69 Å². The van der Waals surface area contributed by atoms with Crippen molar-refractivity contribution in [3.8, 4) is 5.88 Å². The maximum absolute atomic E-state index is 5.83. The third-order valence-electron chi connectivity index (χ3n) is 2.71. The first-order chi connectivity index (χ1) is 9.42. The van der Waals surface area contributed by atoms with Gasteiger partial charge in [0, 0.05) is 12.5 Å². The van der Waals surface area contributed by atoms with Crippen molar-refractivity contribution in [3.05, 3.63) is 60.1 Å². The maximum atomic E-state index is 5.83. The quantitative estimate of drug-likeness (QED) is 0.756. The number of aromatic nitrogens is 4. The molecule has 0 saturated carbocycles. The normalized spacial score (nSPS) is 12.2. The van der Waals surface area contributed by atoms with Gasteiger partial charge in [0.2, 0.25) is 0 Å². The Morgan fingerprint density at radius 1 is 1.21 bits per heavy atom. The van der Waals surface area contributed by atoms with E-state index in [9.17, 15) is 0 Å². The van der Waals surface area contributed by atoms with Crippen molar-refractivity contribution >= 4 is 0 Å². The van der Waals surface area contributed by atoms with Crippen LogP contribution in [0.25, 0.3) is 0 Å². The van der Waals surface area contributed by atoms with Gasteiger partial charge < -0.3 is 9.26 Å². The third-order valence-corrected chi connectivity index (χ3v) is 2.71. The molecule has 0 radical (unpaired) electrons. The molecule has 19 heavy (non-hydrogen) atoms. The summed E-state index contributed by atoms with van der Waals surface area (Å²) in [5.74, 6) is 0.456. The van der Waals surface area contributed by atoms with Crippen molar-refractivity contribution in [2.45, 2.75) is 12.5 Å². The number of rotatable bonds is 5. The Hall–Kier alpha value is -2.63. The van der Waals surface area contributed by atoms with Crippen LogP contribution in [0.3, 0.4) is 0 Å². The first-order valence-electron chi connectivity index (χ1n) is 5.88. The van der Waals surface area contributed by atoms with Gasteiger partial charge in [-0.3, -0.25) is 0 Å². The van der Waals surface area contributed by atoms with Crippen LogP contribution in [0.4, 0.5) is 0 Å². The van der Waals surface area contributed by atoms with E-state index in [1.54, 1.807) is 12.5 Å². The molecule has 6 heteroatoms. The second-order valence-corrected chi connectivity index (χ2v) is 4.02. The highest BCUT2D eigenvalue weighted by Crippen LogP contribution is 2.23. The summed E-state index contributed by atoms with van der Waals surface area (Å²) in [6.45, 7) is 0. The molecule has 96 valence electrons. The first kappa shape index (κ1) is 11.5. The van der Waals surface area contributed by atoms with E-state index < -0.39 is 0 Å². The number of H-pyrrole nitrogens is 1. The highest BCUT2D eigenvalue weighted by Gasteiger charge is 2.16. The average molecular weight is 256 g/mol. The standard InChI is InChI=1S/C13H12N4O2/c1-2-4-10(5-3-1)12(8-11-6-7-18-16-11)19-13-9-14-17-15-13/h1-7,9,12H,8H2,(H,14,15,17). The summed E-state index contributed by atoms with van der Waals surface area (Å²) >= 11 is 0. The molecule has 1 unspecified atom stereocenters. The number of aromatic amines is 1. The summed E-state index contributed by atoms with van der Waals surface area (Å²) in [4.78, 5) is 0. The predicted molar refractivity (Wildman–Crippen MR) is 66.4 cm³/mol. The Balaban J connectivity index is 1.83. The number of hydrogen-bond donors (Lipinski definition) is 1. The second-order valence-electron chi connectivity index (χ2n) is 4.02. The Kier molecular flexibility index (Phi) is 3.22. The molecule has 2 heterocycles. The van der Waals surface area contributed by atoms with Gasteiger partial charge in [-0.15, -0.1) is 5.10 Å². The summed E-state index contributed by atoms with van der Waals surface area (Å²) in [7, 11) is 0. The van der Waals surface area contributed by atoms with Crippen molar-refractivity contribution < 1.29 is 9.26 Å². The molecule has 0 amide bonds. The third kappa shape index (κ3) is 2.79. The van der Waals surface area contributed by atoms with Crippen molar-refractivity contribution in [2.24, 2.45) is 0 Å². The van der Waals surface area contributed by atoms with E-state index in [1.165, 1.54) is 0 Å². The molecule has 1 N–H and O–H groups in total. The van der Waals surface area contributed by atoms with Gasteiger partial charge in [0.15, 0.2) is 0 Å². The van der Waals surface area contributed by atoms with E-state index in [1.807, 2.05) is 36.4 Å². The van der Waals surface area contributed by atoms with Crippen LogP contribution < -0.4 is 4.74 Å². The molecular weight excluding hydrogens is 244 g/mol. The smallest absolute Gasteiger partial charge is 0.253 e. The van der Waals surface area contributed by atoms with Gasteiger partial charge in [0.1, 0.15) is 18.6 Å². The minimum Gasteiger partial charge on any atom is -0.467 e. The van der Waals surface area contributed by atoms with Gasteiger partial charge >= 0.3 is 0 Å². The SMILES string of the molecule is c1ccc(C(Cc2ccon2)Oc2cn[nH]n2)cc1. The van der Waals surface area contributed by atoms with Crippen LogP contribution in [0.1, 0.15) is 17.4 Å². The number of benzene rings is 1. The van der Waals surface area contributed by atoms with E-state index in [4.69, 9.17) is 9.26 Å². The number of ether oxygens (including phenoxy) is 1. The largest absolute Gasteiger partial charge is 0.467 e. The molecule has 6 nitrogen and oxygen atoms in total. The molecule has 1 atom stereocenters. The van der Waals surface area contributed by atoms with E-state index in [-0.39, 0.29) is 6.10 Å². The molecule has 0 spiro atoms. The average Bonchev–Trinajstić information content (AvgIpc) is 3.12. The zero-order chi connectivity index (χ0) is 12.9. The minimum atomic E-state index is -0.184. The van der Waals surface area contributed by atoms with Gasteiger partial charge in [-0.2, -0.15) is 10.3 Å². The lowest BCUT2D eigenvalue weighted by Crippen LogP contribution is -2.11. The molecule has 3 rings (SSSR count). The number of nitrogens with zero attached hydrogens (tertiary/aromatic N) is 3. The van der Waals surface area contributed by atoms with Crippen LogP contribution in [0, 0.1) is 0 Å². The fourth-order valence-electron chi connectivity index (χ4n) is 1.82. The molecule has 3 aromatic rings. The fraction of sp³-hybridized carbons (Fsp3) is 0.154. The van der Waals surface area contributed by atoms with E-state index in [0.717, 1.165) is 11.3 Å². The van der Waals surface area contributed by atoms with Crippen LogP contribution >= 0.6 is 0 Å². The topological polar surface area (TPSA) is 76.8 Å². The molecule has 0 fully saturated rings. The van der Waals surface area contributed by atoms with Gasteiger partial charge in [0.25, 0.3) is 5.88 Å². The van der Waals surface area contributed by atoms with Crippen LogP contribution in [0.2, 0.25) is 0 Å². The fourth-order valence-corrected chi connectivity index (χ4v) is 1.82. The highest BCUT2D eigenvalue weighted by atomic mass is 16.5. The molecule has 0 aliphatic heterocycles. The predicted octanol–water partition coefficient (Wildman–Crippen LogP) is 2.16. The molecule has 0 saturated heterocycles. The van der Waals surface area contributed by atoms with Crippen LogP contribution in [0.15, 0.2) is 53.4 Å². The highest BCUT2D eigenvalue weighted by molar-refractivity contribution is 5.20. The Morgan fingerprint density at radius 2 is 2.11 bits per heavy atom. The van der Waals surface area contributed by atoms with Crippen molar-refractivity contribution in [1.29, 1.82) is 0 Å². The maximum Gasteiger partial charge on any atom is 0.253 e. The lowest BCUT2D eigenvalue weighted by atomic mass is 10.1. The lowest BCUT2D eigenvalue weighted by Gasteiger charge is -2.16. The van der Waals surface area contributed by atoms with Crippen molar-refractivity contribution in [3.63, 3.8) is 0 Å². The van der Waals surface area contributed by atoms with E-state index in [2.05, 4.69) is 20.6 Å². The second kappa shape index (κ2) is 5.34. The molecule has 0 aliphatic carbocycles. The Labute approximate surface area is 109 Å². The molecule has 1 aromatic carbocycles. The van der Waals surface area contributed by atoms with Gasteiger partial charge in [-0.25, -0.2) is 0 Å². The molecule has 0 bridgehead atoms. The summed E-state index contributed by atoms with van der Waals surface area (Å²) in [6.07, 6.45) is 3.51. The summed E-state index contributed by atoms with van der Waals surface area (Å²) < 4.78 is 10.7. The van der Waals surface area contributed by atoms with Gasteiger partial charge in [-0.05, 0) is 5.56 Å². The minimum absolute atomic E-state index is 0.184. The Morgan fingerprint density at radius 3 is 2.79 bits per heavy atom. The molecule has 0 aliphatic rings. The van der Waals surface area contributed by atoms with Crippen LogP contribution in [-0.2, 0) is 6.42 Å². The zero-order valence-electron chi connectivity index (χ0n) is 10.1. The van der Waals surface area contributed by atoms with E-state index >= 15 is 0 Å². The zero-order valence-corrected chi connectivity index (χ0v) is 10.1. The number of hydrogen-bond acceptors (Lipinski definition) is 5. The van der Waals surface area contributed by atoms with Crippen molar-refractivity contribution in [2.75, 3.05) is 0 Å². The summed E-state index contributed by atoms with van der Waals surface area (Å²) in [5, 5.41) is 14.1. The van der Waals surface area contributed by atoms with E-state index in [0.29, 0.717) is 12.3 Å². The van der Waals surface area contributed by atoms with Gasteiger partial charge in [-0.1, -0.05) is 35.5 Å². The summed E-state index contributed by atoms with van der Waals surface area (Å²) in [6, 6.07) is 11.7. The van der Waals surface area contributed by atoms with Crippen molar-refractivity contribution in [1.82, 2.24) is 20.6 Å². The first-order valence-corrected chi connectivity index (χ1v) is 5.88. The van der Waals surface area contributed by atoms with Crippen LogP contribution in [0.5, 0.6) is 5.88 Å². The lowest BCUT2D eigenvalue weighted by molar-refractivity contribution is 0.194. The number of nitrogens with one attached hydrogen (secondary N) is 1. The molecule has 2 aromatic heterocycles. The monoisotopic (exact) mass is 256 g/mol. The Bertz CT molecular complexity index is 557. The van der Waals surface area contributed by atoms with Crippen LogP contribution in [-0.4, -0.2) is 20.6 Å². The summed E-state index contributed by atoms with van der Waals surface area (Å²) in [5.41, 5.74) is 1.88. The molecular formula is C13H12N4O2.